The summed E-state index contributed by atoms with van der Waals surface area (Å²) in [5.41, 5.74) is 1.36. The molecule has 0 spiro atoms. The molecule has 1 unspecified atom stereocenters. The molecule has 1 aromatic rings. The average molecular weight is 386 g/mol. The third kappa shape index (κ3) is 6.23. The van der Waals surface area contributed by atoms with Gasteiger partial charge in [-0.25, -0.2) is 4.99 Å². The Bertz CT molecular complexity index is 627. The summed E-state index contributed by atoms with van der Waals surface area (Å²) in [7, 11) is 0. The molecule has 2 aliphatic rings. The smallest absolute Gasteiger partial charge is 0.244 e. The molecule has 1 atom stereocenters. The Balaban J connectivity index is 1.49. The van der Waals surface area contributed by atoms with Crippen molar-refractivity contribution in [3.63, 3.8) is 0 Å². The largest absolute Gasteiger partial charge is 0.357 e. The third-order valence-corrected chi connectivity index (χ3v) is 5.66. The minimum absolute atomic E-state index is 0.142. The Kier molecular flexibility index (Phi) is 8.15. The Hall–Kier alpha value is -2.08. The van der Waals surface area contributed by atoms with Gasteiger partial charge in [0.2, 0.25) is 5.91 Å². The molecule has 2 aliphatic heterocycles. The van der Waals surface area contributed by atoms with E-state index >= 15 is 0 Å². The van der Waals surface area contributed by atoms with Gasteiger partial charge in [0.25, 0.3) is 0 Å². The highest BCUT2D eigenvalue weighted by Crippen LogP contribution is 2.19. The minimum atomic E-state index is 0.142. The summed E-state index contributed by atoms with van der Waals surface area (Å²) in [4.78, 5) is 21.4. The molecule has 3 rings (SSSR count). The molecule has 2 saturated heterocycles. The predicted octanol–water partition coefficient (Wildman–Crippen LogP) is 2.22. The fraction of sp³-hybridized carbons (Fsp3) is 0.636. The first-order valence-corrected chi connectivity index (χ1v) is 10.8. The van der Waals surface area contributed by atoms with Gasteiger partial charge in [0.15, 0.2) is 5.96 Å². The first-order chi connectivity index (χ1) is 13.8. The fourth-order valence-corrected chi connectivity index (χ4v) is 4.10. The van der Waals surface area contributed by atoms with Crippen molar-refractivity contribution in [3.8, 4) is 0 Å². The highest BCUT2D eigenvalue weighted by atomic mass is 16.2. The van der Waals surface area contributed by atoms with Crippen LogP contribution in [0, 0.1) is 0 Å². The molecular formula is C22H35N5O. The van der Waals surface area contributed by atoms with E-state index in [9.17, 15) is 4.79 Å². The van der Waals surface area contributed by atoms with Crippen LogP contribution < -0.4 is 10.6 Å². The van der Waals surface area contributed by atoms with Crippen molar-refractivity contribution < 1.29 is 4.79 Å². The van der Waals surface area contributed by atoms with Crippen molar-refractivity contribution in [1.29, 1.82) is 0 Å². The predicted molar refractivity (Wildman–Crippen MR) is 114 cm³/mol. The van der Waals surface area contributed by atoms with Crippen LogP contribution in [0.15, 0.2) is 35.3 Å². The van der Waals surface area contributed by atoms with E-state index in [0.29, 0.717) is 6.04 Å². The summed E-state index contributed by atoms with van der Waals surface area (Å²) in [6, 6.07) is 11.2. The molecule has 0 radical (unpaired) electrons. The maximum Gasteiger partial charge on any atom is 0.244 e. The van der Waals surface area contributed by atoms with Crippen LogP contribution in [0.25, 0.3) is 0 Å². The lowest BCUT2D eigenvalue weighted by atomic mass is 10.1. The summed E-state index contributed by atoms with van der Waals surface area (Å²) in [6.45, 7) is 7.84. The third-order valence-electron chi connectivity index (χ3n) is 5.66. The van der Waals surface area contributed by atoms with Gasteiger partial charge in [-0.3, -0.25) is 9.69 Å². The minimum Gasteiger partial charge on any atom is -0.357 e. The first kappa shape index (κ1) is 20.6. The Labute approximate surface area is 169 Å². The molecule has 2 heterocycles. The normalized spacial score (nSPS) is 21.0. The molecule has 2 fully saturated rings. The van der Waals surface area contributed by atoms with Crippen molar-refractivity contribution in [2.75, 3.05) is 39.3 Å². The molecule has 0 aromatic heterocycles. The van der Waals surface area contributed by atoms with Crippen molar-refractivity contribution in [3.05, 3.63) is 35.9 Å². The molecule has 2 N–H and O–H groups in total. The molecule has 1 amide bonds. The number of nitrogens with one attached hydrogen (secondary N) is 2. The topological polar surface area (TPSA) is 60.0 Å². The highest BCUT2D eigenvalue weighted by Gasteiger charge is 2.24. The van der Waals surface area contributed by atoms with E-state index in [2.05, 4.69) is 57.8 Å². The highest BCUT2D eigenvalue weighted by molar-refractivity contribution is 5.85. The van der Waals surface area contributed by atoms with Gasteiger partial charge in [-0.1, -0.05) is 30.3 Å². The fourth-order valence-electron chi connectivity index (χ4n) is 4.10. The molecular weight excluding hydrogens is 350 g/mol. The SMILES string of the molecule is CCNC(=NCC(=O)N1CCCCC1)NCC1CCCN1Cc1ccccc1. The standard InChI is InChI=1S/C22H35N5O/c1-2-23-22(25-17-21(28)26-13-7-4-8-14-26)24-16-20-12-9-15-27(20)18-19-10-5-3-6-11-19/h3,5-6,10-11,20H,2,4,7-9,12-18H2,1H3,(H2,23,24,25). The van der Waals surface area contributed by atoms with Crippen LogP contribution in [0.5, 0.6) is 0 Å². The van der Waals surface area contributed by atoms with Gasteiger partial charge >= 0.3 is 0 Å². The molecule has 1 aromatic carbocycles. The van der Waals surface area contributed by atoms with Crippen LogP contribution in [-0.2, 0) is 11.3 Å². The van der Waals surface area contributed by atoms with E-state index in [-0.39, 0.29) is 12.5 Å². The number of hydrogen-bond donors (Lipinski definition) is 2. The quantitative estimate of drug-likeness (QED) is 0.558. The summed E-state index contributed by atoms with van der Waals surface area (Å²) in [6.07, 6.45) is 5.91. The maximum atomic E-state index is 12.4. The number of likely N-dealkylation sites (tertiary alicyclic amines) is 2. The van der Waals surface area contributed by atoms with Crippen LogP contribution in [0.1, 0.15) is 44.6 Å². The zero-order chi connectivity index (χ0) is 19.6. The second-order valence-corrected chi connectivity index (χ2v) is 7.77. The lowest BCUT2D eigenvalue weighted by Crippen LogP contribution is -2.45. The summed E-state index contributed by atoms with van der Waals surface area (Å²) >= 11 is 0. The molecule has 6 heteroatoms. The van der Waals surface area contributed by atoms with Crippen molar-refractivity contribution >= 4 is 11.9 Å². The number of piperidine rings is 1. The number of nitrogens with zero attached hydrogens (tertiary/aromatic N) is 3. The van der Waals surface area contributed by atoms with Crippen molar-refractivity contribution in [1.82, 2.24) is 20.4 Å². The van der Waals surface area contributed by atoms with Gasteiger partial charge in [0, 0.05) is 38.8 Å². The number of aliphatic imine (C=N–C) groups is 1. The summed E-state index contributed by atoms with van der Waals surface area (Å²) < 4.78 is 0. The zero-order valence-corrected chi connectivity index (χ0v) is 17.2. The monoisotopic (exact) mass is 385 g/mol. The van der Waals surface area contributed by atoms with Crippen LogP contribution in [0.3, 0.4) is 0 Å². The molecule has 0 bridgehead atoms. The summed E-state index contributed by atoms with van der Waals surface area (Å²) in [5, 5.41) is 6.74. The first-order valence-electron chi connectivity index (χ1n) is 10.8. The second-order valence-electron chi connectivity index (χ2n) is 7.77. The number of guanidine groups is 1. The van der Waals surface area contributed by atoms with Gasteiger partial charge in [-0.05, 0) is 51.1 Å². The van der Waals surface area contributed by atoms with E-state index < -0.39 is 0 Å². The van der Waals surface area contributed by atoms with Crippen LogP contribution in [0.4, 0.5) is 0 Å². The van der Waals surface area contributed by atoms with E-state index in [1.807, 2.05) is 4.90 Å². The van der Waals surface area contributed by atoms with E-state index in [1.54, 1.807) is 0 Å². The van der Waals surface area contributed by atoms with Gasteiger partial charge in [0.05, 0.1) is 0 Å². The number of rotatable bonds is 7. The number of benzene rings is 1. The van der Waals surface area contributed by atoms with E-state index in [0.717, 1.165) is 58.1 Å². The zero-order valence-electron chi connectivity index (χ0n) is 17.2. The molecule has 0 saturated carbocycles. The van der Waals surface area contributed by atoms with Gasteiger partial charge in [-0.2, -0.15) is 0 Å². The lowest BCUT2D eigenvalue weighted by molar-refractivity contribution is -0.130. The van der Waals surface area contributed by atoms with Crippen LogP contribution >= 0.6 is 0 Å². The van der Waals surface area contributed by atoms with E-state index in [1.165, 1.54) is 24.8 Å². The van der Waals surface area contributed by atoms with E-state index in [4.69, 9.17) is 0 Å². The molecule has 0 aliphatic carbocycles. The number of amides is 1. The molecule has 6 nitrogen and oxygen atoms in total. The summed E-state index contributed by atoms with van der Waals surface area (Å²) in [5.74, 6) is 0.892. The number of carbonyl (C=O) groups is 1. The molecule has 28 heavy (non-hydrogen) atoms. The Morgan fingerprint density at radius 2 is 1.86 bits per heavy atom. The van der Waals surface area contributed by atoms with Crippen molar-refractivity contribution in [2.24, 2.45) is 4.99 Å². The van der Waals surface area contributed by atoms with Crippen molar-refractivity contribution in [2.45, 2.75) is 51.6 Å². The Morgan fingerprint density at radius 1 is 1.07 bits per heavy atom. The Morgan fingerprint density at radius 3 is 2.61 bits per heavy atom. The van der Waals surface area contributed by atoms with Crippen LogP contribution in [0.2, 0.25) is 0 Å². The molecule has 154 valence electrons. The van der Waals surface area contributed by atoms with Crippen LogP contribution in [-0.4, -0.2) is 67.0 Å². The lowest BCUT2D eigenvalue weighted by Gasteiger charge is -2.27. The second kappa shape index (κ2) is 11.1. The van der Waals surface area contributed by atoms with Gasteiger partial charge in [0.1, 0.15) is 6.54 Å². The average Bonchev–Trinajstić information content (AvgIpc) is 3.18. The maximum absolute atomic E-state index is 12.4. The number of carbonyl (C=O) groups excluding carboxylic acids is 1. The van der Waals surface area contributed by atoms with Gasteiger partial charge in [-0.15, -0.1) is 0 Å². The number of hydrogen-bond acceptors (Lipinski definition) is 3. The van der Waals surface area contributed by atoms with Gasteiger partial charge < -0.3 is 15.5 Å².